The molecule has 2 saturated heterocycles. The van der Waals surface area contributed by atoms with Crippen molar-refractivity contribution in [1.29, 1.82) is 0 Å². The molecule has 3 aromatic rings. The van der Waals surface area contributed by atoms with Gasteiger partial charge in [0.25, 0.3) is 5.56 Å². The SMILES string of the molecule is CCCc1nn(C)c2c(=O)[nH]c(-c3cc(S(=O)(=O)N4CCC(CCC(=O)OCCN5CCOCC5)CC4)ccc3OCC)nc12.Cl. The fourth-order valence-electron chi connectivity index (χ4n) is 6.01. The summed E-state index contributed by atoms with van der Waals surface area (Å²) in [6.07, 6.45) is 3.83. The average Bonchev–Trinajstić information content (AvgIpc) is 3.36. The van der Waals surface area contributed by atoms with Crippen LogP contribution in [0.15, 0.2) is 27.9 Å². The van der Waals surface area contributed by atoms with Crippen LogP contribution < -0.4 is 10.3 Å². The highest BCUT2D eigenvalue weighted by Crippen LogP contribution is 2.33. The van der Waals surface area contributed by atoms with Crippen molar-refractivity contribution in [3.63, 3.8) is 0 Å². The molecule has 0 saturated carbocycles. The second-order valence-corrected chi connectivity index (χ2v) is 13.5. The van der Waals surface area contributed by atoms with Gasteiger partial charge >= 0.3 is 5.97 Å². The van der Waals surface area contributed by atoms with E-state index in [9.17, 15) is 18.0 Å². The Balaban J connectivity index is 0.00000480. The number of fused-ring (bicyclic) bond motifs is 1. The summed E-state index contributed by atoms with van der Waals surface area (Å²) in [7, 11) is -2.12. The highest BCUT2D eigenvalue weighted by molar-refractivity contribution is 7.89. The minimum absolute atomic E-state index is 0. The number of aromatic nitrogens is 4. The van der Waals surface area contributed by atoms with Gasteiger partial charge in [-0.3, -0.25) is 19.2 Å². The maximum Gasteiger partial charge on any atom is 0.305 e. The Morgan fingerprint density at radius 1 is 1.13 bits per heavy atom. The predicted octanol–water partition coefficient (Wildman–Crippen LogP) is 3.15. The number of H-pyrrole nitrogens is 1. The van der Waals surface area contributed by atoms with Gasteiger partial charge in [-0.15, -0.1) is 12.4 Å². The van der Waals surface area contributed by atoms with Gasteiger partial charge in [0.05, 0.1) is 36.0 Å². The molecule has 13 nitrogen and oxygen atoms in total. The standard InChI is InChI=1S/C31H44N6O7S.ClH/c1-4-6-25-28-29(35(3)34-25)31(39)33-30(32-28)24-21-23(8-9-26(24)43-5-2)45(40,41)37-13-11-22(12-14-37)7-10-27(38)44-20-17-36-15-18-42-19-16-36;/h8-9,21-22H,4-7,10-20H2,1-3H3,(H,32,33,39);1H. The Morgan fingerprint density at radius 3 is 2.57 bits per heavy atom. The van der Waals surface area contributed by atoms with E-state index in [1.165, 1.54) is 21.1 Å². The molecule has 0 radical (unpaired) electrons. The van der Waals surface area contributed by atoms with Gasteiger partial charge in [0, 0.05) is 46.2 Å². The van der Waals surface area contributed by atoms with Crippen LogP contribution in [0.4, 0.5) is 0 Å². The molecule has 2 aliphatic heterocycles. The molecule has 2 fully saturated rings. The van der Waals surface area contributed by atoms with Crippen LogP contribution in [-0.2, 0) is 37.8 Å². The fraction of sp³-hybridized carbons (Fsp3) is 0.613. The summed E-state index contributed by atoms with van der Waals surface area (Å²) in [5.74, 6) is 0.694. The third-order valence-corrected chi connectivity index (χ3v) is 10.4. The first-order valence-electron chi connectivity index (χ1n) is 15.9. The number of morpholine rings is 1. The number of aromatic amines is 1. The van der Waals surface area contributed by atoms with Crippen molar-refractivity contribution in [2.45, 2.75) is 57.3 Å². The number of halogens is 1. The predicted molar refractivity (Wildman–Crippen MR) is 176 cm³/mol. The van der Waals surface area contributed by atoms with Crippen LogP contribution in [-0.4, -0.2) is 102 Å². The summed E-state index contributed by atoms with van der Waals surface area (Å²) in [5.41, 5.74) is 1.62. The van der Waals surface area contributed by atoms with Crippen molar-refractivity contribution >= 4 is 39.4 Å². The van der Waals surface area contributed by atoms with E-state index in [1.54, 1.807) is 13.1 Å². The van der Waals surface area contributed by atoms with Gasteiger partial charge in [0.15, 0.2) is 5.52 Å². The van der Waals surface area contributed by atoms with Crippen molar-refractivity contribution in [2.24, 2.45) is 13.0 Å². The first-order chi connectivity index (χ1) is 21.7. The number of aryl methyl sites for hydroxylation is 2. The Bertz CT molecular complexity index is 1650. The molecule has 2 aliphatic rings. The van der Waals surface area contributed by atoms with Gasteiger partial charge in [-0.25, -0.2) is 13.4 Å². The first-order valence-corrected chi connectivity index (χ1v) is 17.3. The molecule has 2 aromatic heterocycles. The molecule has 0 atom stereocenters. The number of nitrogens with zero attached hydrogens (tertiary/aromatic N) is 5. The number of benzene rings is 1. The van der Waals surface area contributed by atoms with E-state index in [-0.39, 0.29) is 40.6 Å². The number of carbonyl (C=O) groups excluding carboxylic acids is 1. The largest absolute Gasteiger partial charge is 0.493 e. The van der Waals surface area contributed by atoms with E-state index in [4.69, 9.17) is 19.2 Å². The number of rotatable bonds is 13. The lowest BCUT2D eigenvalue weighted by molar-refractivity contribution is -0.144. The van der Waals surface area contributed by atoms with E-state index in [2.05, 4.69) is 15.0 Å². The number of esters is 1. The zero-order valence-corrected chi connectivity index (χ0v) is 28.5. The third-order valence-electron chi connectivity index (χ3n) is 8.50. The maximum atomic E-state index is 13.8. The van der Waals surface area contributed by atoms with Crippen LogP contribution >= 0.6 is 12.4 Å². The highest BCUT2D eigenvalue weighted by atomic mass is 35.5. The molecule has 0 amide bonds. The molecule has 254 valence electrons. The fourth-order valence-corrected chi connectivity index (χ4v) is 7.51. The molecule has 46 heavy (non-hydrogen) atoms. The molecule has 0 bridgehead atoms. The normalized spacial score (nSPS) is 16.8. The van der Waals surface area contributed by atoms with Crippen LogP contribution in [0, 0.1) is 5.92 Å². The summed E-state index contributed by atoms with van der Waals surface area (Å²) in [4.78, 5) is 35.3. The molecule has 5 rings (SSSR count). The molecule has 0 unspecified atom stereocenters. The monoisotopic (exact) mass is 680 g/mol. The quantitative estimate of drug-likeness (QED) is 0.267. The van der Waals surface area contributed by atoms with Gasteiger partial charge in [-0.1, -0.05) is 13.3 Å². The second kappa shape index (κ2) is 16.2. The maximum absolute atomic E-state index is 13.8. The molecule has 4 heterocycles. The summed E-state index contributed by atoms with van der Waals surface area (Å²) in [5, 5.41) is 4.48. The van der Waals surface area contributed by atoms with E-state index in [0.717, 1.165) is 19.5 Å². The number of sulfonamides is 1. The van der Waals surface area contributed by atoms with Crippen molar-refractivity contribution in [2.75, 3.05) is 59.2 Å². The van der Waals surface area contributed by atoms with Gasteiger partial charge < -0.3 is 19.2 Å². The zero-order valence-electron chi connectivity index (χ0n) is 26.8. The van der Waals surface area contributed by atoms with Gasteiger partial charge in [0.1, 0.15) is 23.7 Å². The van der Waals surface area contributed by atoms with Gasteiger partial charge in [-0.2, -0.15) is 9.40 Å². The van der Waals surface area contributed by atoms with Crippen LogP contribution in [0.25, 0.3) is 22.4 Å². The molecule has 1 aromatic carbocycles. The lowest BCUT2D eigenvalue weighted by Gasteiger charge is -2.31. The second-order valence-electron chi connectivity index (χ2n) is 11.6. The van der Waals surface area contributed by atoms with Crippen molar-refractivity contribution in [3.8, 4) is 17.1 Å². The van der Waals surface area contributed by atoms with Crippen molar-refractivity contribution < 1.29 is 27.4 Å². The van der Waals surface area contributed by atoms with E-state index in [0.29, 0.717) is 106 Å². The molecule has 0 spiro atoms. The number of ether oxygens (including phenoxy) is 3. The first kappa shape index (κ1) is 35.8. The van der Waals surface area contributed by atoms with Crippen LogP contribution in [0.3, 0.4) is 0 Å². The van der Waals surface area contributed by atoms with Crippen LogP contribution in [0.2, 0.25) is 0 Å². The number of carbonyl (C=O) groups is 1. The number of piperidine rings is 1. The van der Waals surface area contributed by atoms with Crippen molar-refractivity contribution in [3.05, 3.63) is 34.2 Å². The van der Waals surface area contributed by atoms with Crippen LogP contribution in [0.5, 0.6) is 5.75 Å². The van der Waals surface area contributed by atoms with E-state index >= 15 is 0 Å². The third kappa shape index (κ3) is 8.26. The molecule has 15 heteroatoms. The van der Waals surface area contributed by atoms with Gasteiger partial charge in [-0.05, 0) is 56.7 Å². The van der Waals surface area contributed by atoms with E-state index in [1.807, 2.05) is 13.8 Å². The minimum Gasteiger partial charge on any atom is -0.493 e. The van der Waals surface area contributed by atoms with E-state index < -0.39 is 10.0 Å². The number of hydrogen-bond acceptors (Lipinski definition) is 10. The summed E-state index contributed by atoms with van der Waals surface area (Å²) in [6.45, 7) is 9.16. The average molecular weight is 681 g/mol. The summed E-state index contributed by atoms with van der Waals surface area (Å²) < 4.78 is 47.2. The number of nitrogens with one attached hydrogen (secondary N) is 1. The smallest absolute Gasteiger partial charge is 0.305 e. The highest BCUT2D eigenvalue weighted by Gasteiger charge is 2.31. The number of hydrogen-bond donors (Lipinski definition) is 1. The zero-order chi connectivity index (χ0) is 32.0. The topological polar surface area (TPSA) is 149 Å². The Morgan fingerprint density at radius 2 is 1.87 bits per heavy atom. The van der Waals surface area contributed by atoms with Crippen LogP contribution in [0.1, 0.15) is 51.6 Å². The molecular formula is C31H45ClN6O7S. The molecule has 0 aliphatic carbocycles. The molecular weight excluding hydrogens is 636 g/mol. The Kier molecular flexibility index (Phi) is 12.6. The minimum atomic E-state index is -3.83. The van der Waals surface area contributed by atoms with Crippen molar-refractivity contribution in [1.82, 2.24) is 29.0 Å². The van der Waals surface area contributed by atoms with Gasteiger partial charge in [0.2, 0.25) is 10.0 Å². The Hall–Kier alpha value is -3.04. The summed E-state index contributed by atoms with van der Waals surface area (Å²) >= 11 is 0. The molecule has 1 N–H and O–H groups in total. The Labute approximate surface area is 276 Å². The lowest BCUT2D eigenvalue weighted by Crippen LogP contribution is -2.39. The summed E-state index contributed by atoms with van der Waals surface area (Å²) in [6, 6.07) is 4.68. The lowest BCUT2D eigenvalue weighted by atomic mass is 9.93.